The van der Waals surface area contributed by atoms with Gasteiger partial charge in [0.15, 0.2) is 10.8 Å². The van der Waals surface area contributed by atoms with Crippen molar-refractivity contribution >= 4 is 37.2 Å². The molecule has 1 atom stereocenters. The molecule has 3 aromatic heterocycles. The summed E-state index contributed by atoms with van der Waals surface area (Å²) in [6.07, 6.45) is 2.92. The Balaban J connectivity index is 1.51. The maximum atomic E-state index is 11.9. The molecule has 0 spiro atoms. The fraction of sp³-hybridized carbons (Fsp3) is 0.333. The molecule has 0 bridgehead atoms. The third-order valence-electron chi connectivity index (χ3n) is 5.05. The number of nitrogens with zero attached hydrogens (tertiary/aromatic N) is 6. The van der Waals surface area contributed by atoms with Crippen LogP contribution in [0.3, 0.4) is 0 Å². The summed E-state index contributed by atoms with van der Waals surface area (Å²) in [4.78, 5) is 5.40. The van der Waals surface area contributed by atoms with Crippen LogP contribution in [0.15, 0.2) is 36.4 Å². The van der Waals surface area contributed by atoms with Crippen molar-refractivity contribution in [3.8, 4) is 10.7 Å². The summed E-state index contributed by atoms with van der Waals surface area (Å²) >= 11 is 1.43. The van der Waals surface area contributed by atoms with Gasteiger partial charge in [-0.25, -0.2) is 17.7 Å². The van der Waals surface area contributed by atoms with Gasteiger partial charge in [0.1, 0.15) is 5.69 Å². The maximum Gasteiger partial charge on any atom is 0.235 e. The molecule has 144 valence electrons. The Bertz CT molecular complexity index is 1280. The van der Waals surface area contributed by atoms with Crippen molar-refractivity contribution < 1.29 is 8.42 Å². The maximum absolute atomic E-state index is 11.9. The number of fused-ring (bicyclic) bond motifs is 2. The highest BCUT2D eigenvalue weighted by Crippen LogP contribution is 2.31. The Morgan fingerprint density at radius 2 is 2.00 bits per heavy atom. The molecule has 0 aliphatic carbocycles. The first-order valence-electron chi connectivity index (χ1n) is 9.02. The molecular weight excluding hydrogens is 396 g/mol. The van der Waals surface area contributed by atoms with Gasteiger partial charge in [-0.2, -0.15) is 9.61 Å². The molecule has 4 heterocycles. The van der Waals surface area contributed by atoms with Crippen molar-refractivity contribution in [2.24, 2.45) is 0 Å². The summed E-state index contributed by atoms with van der Waals surface area (Å²) in [6.45, 7) is 0.974. The minimum atomic E-state index is -3.21. The van der Waals surface area contributed by atoms with Crippen LogP contribution in [0.2, 0.25) is 0 Å². The van der Waals surface area contributed by atoms with Crippen LogP contribution in [0.1, 0.15) is 24.6 Å². The molecule has 0 N–H and O–H groups in total. The molecule has 0 amide bonds. The van der Waals surface area contributed by atoms with Gasteiger partial charge in [-0.3, -0.25) is 0 Å². The molecule has 1 aromatic carbocycles. The number of pyridine rings is 1. The van der Waals surface area contributed by atoms with Crippen LogP contribution in [0.25, 0.3) is 26.6 Å². The average molecular weight is 415 g/mol. The van der Waals surface area contributed by atoms with Crippen LogP contribution < -0.4 is 0 Å². The molecule has 28 heavy (non-hydrogen) atoms. The van der Waals surface area contributed by atoms with Crippen LogP contribution >= 0.6 is 11.3 Å². The lowest BCUT2D eigenvalue weighted by atomic mass is 9.99. The van der Waals surface area contributed by atoms with Gasteiger partial charge in [0.25, 0.3) is 0 Å². The molecule has 1 unspecified atom stereocenters. The zero-order chi connectivity index (χ0) is 19.3. The highest BCUT2D eigenvalue weighted by Gasteiger charge is 2.30. The Labute approximate surface area is 165 Å². The number of para-hydroxylation sites is 1. The largest absolute Gasteiger partial charge is 0.245 e. The van der Waals surface area contributed by atoms with Gasteiger partial charge in [-0.15, -0.1) is 10.2 Å². The number of hydrogen-bond donors (Lipinski definition) is 0. The van der Waals surface area contributed by atoms with Crippen molar-refractivity contribution in [1.82, 2.24) is 29.1 Å². The molecule has 1 aliphatic rings. The van der Waals surface area contributed by atoms with E-state index in [2.05, 4.69) is 10.2 Å². The van der Waals surface area contributed by atoms with Gasteiger partial charge in [-0.05, 0) is 25.0 Å². The van der Waals surface area contributed by atoms with Crippen LogP contribution in [-0.4, -0.2) is 56.9 Å². The molecule has 0 radical (unpaired) electrons. The van der Waals surface area contributed by atoms with E-state index in [-0.39, 0.29) is 5.92 Å². The second-order valence-corrected chi connectivity index (χ2v) is 9.95. The normalized spacial score (nSPS) is 18.8. The van der Waals surface area contributed by atoms with Crippen LogP contribution in [0.4, 0.5) is 0 Å². The zero-order valence-corrected chi connectivity index (χ0v) is 16.8. The van der Waals surface area contributed by atoms with Gasteiger partial charge in [0.05, 0.1) is 11.8 Å². The van der Waals surface area contributed by atoms with E-state index in [0.717, 1.165) is 34.4 Å². The molecule has 8 nitrogen and oxygen atoms in total. The second kappa shape index (κ2) is 6.57. The lowest BCUT2D eigenvalue weighted by Gasteiger charge is -2.29. The first-order chi connectivity index (χ1) is 13.5. The molecule has 0 saturated carbocycles. The molecule has 1 saturated heterocycles. The zero-order valence-electron chi connectivity index (χ0n) is 15.2. The number of aromatic nitrogens is 5. The van der Waals surface area contributed by atoms with Crippen molar-refractivity contribution in [3.05, 3.63) is 42.2 Å². The number of hydrogen-bond acceptors (Lipinski definition) is 7. The summed E-state index contributed by atoms with van der Waals surface area (Å²) in [7, 11) is -3.21. The highest BCUT2D eigenvalue weighted by molar-refractivity contribution is 7.88. The topological polar surface area (TPSA) is 93.4 Å². The summed E-state index contributed by atoms with van der Waals surface area (Å²) in [5.41, 5.74) is 1.71. The van der Waals surface area contributed by atoms with E-state index in [1.54, 1.807) is 4.52 Å². The van der Waals surface area contributed by atoms with Gasteiger partial charge >= 0.3 is 0 Å². The van der Waals surface area contributed by atoms with E-state index in [4.69, 9.17) is 10.1 Å². The Morgan fingerprint density at radius 1 is 1.14 bits per heavy atom. The van der Waals surface area contributed by atoms with E-state index in [1.807, 2.05) is 36.4 Å². The van der Waals surface area contributed by atoms with E-state index >= 15 is 0 Å². The Morgan fingerprint density at radius 3 is 2.86 bits per heavy atom. The first kappa shape index (κ1) is 17.7. The highest BCUT2D eigenvalue weighted by atomic mass is 32.2. The summed E-state index contributed by atoms with van der Waals surface area (Å²) < 4.78 is 27.1. The average Bonchev–Trinajstić information content (AvgIpc) is 3.28. The van der Waals surface area contributed by atoms with Crippen molar-refractivity contribution in [2.45, 2.75) is 18.8 Å². The summed E-state index contributed by atoms with van der Waals surface area (Å²) in [5.74, 6) is 0.699. The number of rotatable bonds is 3. The third-order valence-corrected chi connectivity index (χ3v) is 7.24. The Hall–Kier alpha value is -2.43. The first-order valence-corrected chi connectivity index (χ1v) is 11.7. The standard InChI is InChI=1S/C18H18N6O2S2/c1-28(25,26)23-10-4-6-13(11-23)16-20-21-18-24(16)22-17(27-18)15-9-8-12-5-2-3-7-14(12)19-15/h2-3,5,7-9,13H,4,6,10-11H2,1H3. The van der Waals surface area contributed by atoms with E-state index in [0.29, 0.717) is 23.9 Å². The predicted octanol–water partition coefficient (Wildman–Crippen LogP) is 2.54. The van der Waals surface area contributed by atoms with Gasteiger partial charge in [0.2, 0.25) is 15.0 Å². The minimum absolute atomic E-state index is 0.0158. The predicted molar refractivity (Wildman–Crippen MR) is 108 cm³/mol. The van der Waals surface area contributed by atoms with E-state index in [9.17, 15) is 8.42 Å². The lowest BCUT2D eigenvalue weighted by Crippen LogP contribution is -2.38. The van der Waals surface area contributed by atoms with Crippen LogP contribution in [-0.2, 0) is 10.0 Å². The molecule has 10 heteroatoms. The number of piperidine rings is 1. The van der Waals surface area contributed by atoms with Crippen LogP contribution in [0.5, 0.6) is 0 Å². The SMILES string of the molecule is CS(=O)(=O)N1CCCC(c2nnc3sc(-c4ccc5ccccc5n4)nn23)C1. The quantitative estimate of drug-likeness (QED) is 0.511. The van der Waals surface area contributed by atoms with Crippen molar-refractivity contribution in [3.63, 3.8) is 0 Å². The molecule has 5 rings (SSSR count). The van der Waals surface area contributed by atoms with E-state index in [1.165, 1.54) is 21.9 Å². The minimum Gasteiger partial charge on any atom is -0.245 e. The van der Waals surface area contributed by atoms with Gasteiger partial charge in [0, 0.05) is 24.4 Å². The lowest BCUT2D eigenvalue weighted by molar-refractivity contribution is 0.309. The fourth-order valence-corrected chi connectivity index (χ4v) is 5.36. The van der Waals surface area contributed by atoms with Gasteiger partial charge < -0.3 is 0 Å². The van der Waals surface area contributed by atoms with E-state index < -0.39 is 10.0 Å². The second-order valence-electron chi connectivity index (χ2n) is 7.01. The van der Waals surface area contributed by atoms with Gasteiger partial charge in [-0.1, -0.05) is 35.6 Å². The van der Waals surface area contributed by atoms with Crippen LogP contribution in [0, 0.1) is 0 Å². The molecule has 1 fully saturated rings. The molecule has 1 aliphatic heterocycles. The summed E-state index contributed by atoms with van der Waals surface area (Å²) in [5, 5.41) is 15.1. The smallest absolute Gasteiger partial charge is 0.235 e. The Kier molecular flexibility index (Phi) is 4.14. The van der Waals surface area contributed by atoms with Crippen molar-refractivity contribution in [1.29, 1.82) is 0 Å². The number of benzene rings is 1. The third kappa shape index (κ3) is 3.07. The fourth-order valence-electron chi connectivity index (χ4n) is 3.63. The van der Waals surface area contributed by atoms with Crippen molar-refractivity contribution in [2.75, 3.05) is 19.3 Å². The monoisotopic (exact) mass is 414 g/mol. The number of sulfonamides is 1. The molecule has 4 aromatic rings. The molecular formula is C18H18N6O2S2. The summed E-state index contributed by atoms with van der Waals surface area (Å²) in [6, 6.07) is 12.0.